The molecule has 1 aliphatic heterocycles. The van der Waals surface area contributed by atoms with Gasteiger partial charge < -0.3 is 14.3 Å². The lowest BCUT2D eigenvalue weighted by Gasteiger charge is -2.24. The van der Waals surface area contributed by atoms with Gasteiger partial charge in [-0.2, -0.15) is 0 Å². The second kappa shape index (κ2) is 9.47. The number of carbonyl (C=O) groups is 2. The number of aromatic nitrogens is 1. The van der Waals surface area contributed by atoms with Gasteiger partial charge in [-0.15, -0.1) is 0 Å². The number of aliphatic hydroxyl groups is 1. The highest BCUT2D eigenvalue weighted by Crippen LogP contribution is 2.45. The van der Waals surface area contributed by atoms with Crippen molar-refractivity contribution >= 4 is 38.4 Å². The summed E-state index contributed by atoms with van der Waals surface area (Å²) in [5.41, 5.74) is 2.42. The van der Waals surface area contributed by atoms with Crippen LogP contribution in [-0.4, -0.2) is 28.4 Å². The monoisotopic (exact) mass is 500 g/mol. The minimum Gasteiger partial charge on any atom is -0.503 e. The third-order valence-electron chi connectivity index (χ3n) is 6.01. The molecular formula is C28H24N2O5S. The van der Waals surface area contributed by atoms with E-state index < -0.39 is 23.5 Å². The Morgan fingerprint density at radius 2 is 2.08 bits per heavy atom. The predicted octanol–water partition coefficient (Wildman–Crippen LogP) is 6.11. The summed E-state index contributed by atoms with van der Waals surface area (Å²) < 4.78 is 12.2. The number of carbonyl (C=O) groups excluding carboxylic acids is 2. The van der Waals surface area contributed by atoms with E-state index in [1.165, 1.54) is 22.3 Å². The molecule has 4 aromatic rings. The number of furan rings is 1. The number of Topliss-reactive ketones (excluding diaryl/α,β-unsaturated/α-hetero) is 1. The number of ether oxygens (including phenoxy) is 1. The van der Waals surface area contributed by atoms with E-state index in [0.29, 0.717) is 28.8 Å². The van der Waals surface area contributed by atoms with Crippen LogP contribution in [-0.2, 0) is 11.2 Å². The number of ketones is 1. The molecule has 0 saturated heterocycles. The van der Waals surface area contributed by atoms with E-state index in [1.54, 1.807) is 43.3 Å². The molecule has 2 aromatic carbocycles. The maximum atomic E-state index is 13.5. The predicted molar refractivity (Wildman–Crippen MR) is 139 cm³/mol. The molecule has 5 rings (SSSR count). The lowest BCUT2D eigenvalue weighted by Crippen LogP contribution is -2.31. The van der Waals surface area contributed by atoms with Crippen LogP contribution in [0.2, 0.25) is 0 Å². The average Bonchev–Trinajstić information content (AvgIpc) is 3.58. The van der Waals surface area contributed by atoms with Crippen LogP contribution in [0.1, 0.15) is 40.4 Å². The van der Waals surface area contributed by atoms with E-state index in [2.05, 4.69) is 18.5 Å². The molecule has 0 spiro atoms. The molecule has 2 aromatic heterocycles. The van der Waals surface area contributed by atoms with E-state index in [9.17, 15) is 14.7 Å². The van der Waals surface area contributed by atoms with Crippen LogP contribution in [0.3, 0.4) is 0 Å². The highest BCUT2D eigenvalue weighted by molar-refractivity contribution is 7.22. The van der Waals surface area contributed by atoms with Gasteiger partial charge in [-0.05, 0) is 60.9 Å². The van der Waals surface area contributed by atoms with Crippen LogP contribution in [0.15, 0.2) is 83.0 Å². The van der Waals surface area contributed by atoms with Gasteiger partial charge in [-0.25, -0.2) is 4.98 Å². The summed E-state index contributed by atoms with van der Waals surface area (Å²) in [7, 11) is 0. The summed E-state index contributed by atoms with van der Waals surface area (Å²) in [6.45, 7) is 7.76. The normalized spacial score (nSPS) is 15.7. The molecule has 0 bridgehead atoms. The van der Waals surface area contributed by atoms with Gasteiger partial charge in [-0.3, -0.25) is 14.5 Å². The van der Waals surface area contributed by atoms with Crippen molar-refractivity contribution in [3.63, 3.8) is 0 Å². The number of hydrogen-bond donors (Lipinski definition) is 1. The fourth-order valence-corrected chi connectivity index (χ4v) is 5.30. The Balaban J connectivity index is 1.65. The van der Waals surface area contributed by atoms with Gasteiger partial charge in [-0.1, -0.05) is 49.1 Å². The first-order valence-corrected chi connectivity index (χ1v) is 12.3. The van der Waals surface area contributed by atoms with E-state index in [1.807, 2.05) is 18.2 Å². The number of aryl methyl sites for hydroxylation is 2. The molecule has 1 N–H and O–H groups in total. The quantitative estimate of drug-likeness (QED) is 0.232. The zero-order chi connectivity index (χ0) is 25.4. The summed E-state index contributed by atoms with van der Waals surface area (Å²) in [5, 5.41) is 11.4. The number of hydrogen-bond acceptors (Lipinski definition) is 7. The Kier molecular flexibility index (Phi) is 6.20. The maximum absolute atomic E-state index is 13.5. The minimum atomic E-state index is -0.922. The summed E-state index contributed by atoms with van der Waals surface area (Å²) in [6, 6.07) is 15.3. The topological polar surface area (TPSA) is 92.9 Å². The zero-order valence-corrected chi connectivity index (χ0v) is 20.7. The lowest BCUT2D eigenvalue weighted by atomic mass is 9.95. The van der Waals surface area contributed by atoms with Gasteiger partial charge in [0.05, 0.1) is 21.8 Å². The van der Waals surface area contributed by atoms with Gasteiger partial charge in [0, 0.05) is 0 Å². The number of nitrogens with zero attached hydrogens (tertiary/aromatic N) is 2. The molecule has 0 fully saturated rings. The van der Waals surface area contributed by atoms with Crippen molar-refractivity contribution in [3.05, 3.63) is 101 Å². The van der Waals surface area contributed by atoms with Crippen LogP contribution in [0.4, 0.5) is 5.13 Å². The number of benzene rings is 2. The Morgan fingerprint density at radius 3 is 2.81 bits per heavy atom. The minimum absolute atomic E-state index is 0.0460. The van der Waals surface area contributed by atoms with E-state index >= 15 is 0 Å². The van der Waals surface area contributed by atoms with Crippen LogP contribution in [0.25, 0.3) is 10.2 Å². The fourth-order valence-electron chi connectivity index (χ4n) is 4.25. The SMILES string of the molecule is C=CCOc1cccc(C2C(C(=O)c3ccc(C)o3)=C(O)C(=O)N2c2nc3ccc(CC)cc3s2)c1. The summed E-state index contributed by atoms with van der Waals surface area (Å²) in [4.78, 5) is 33.0. The highest BCUT2D eigenvalue weighted by Gasteiger charge is 2.46. The first-order valence-electron chi connectivity index (χ1n) is 11.5. The second-order valence-corrected chi connectivity index (χ2v) is 9.41. The first-order chi connectivity index (χ1) is 17.4. The largest absolute Gasteiger partial charge is 0.503 e. The fraction of sp³-hybridized carbons (Fsp3) is 0.179. The Labute approximate surface area is 212 Å². The third kappa shape index (κ3) is 4.09. The highest BCUT2D eigenvalue weighted by atomic mass is 32.1. The number of thiazole rings is 1. The summed E-state index contributed by atoms with van der Waals surface area (Å²) in [5.74, 6) is -0.737. The summed E-state index contributed by atoms with van der Waals surface area (Å²) >= 11 is 1.34. The molecule has 7 nitrogen and oxygen atoms in total. The molecule has 0 aliphatic carbocycles. The molecule has 3 heterocycles. The first kappa shape index (κ1) is 23.6. The number of aliphatic hydroxyl groups excluding tert-OH is 1. The van der Waals surface area contributed by atoms with Crippen molar-refractivity contribution < 1.29 is 23.8 Å². The molecular weight excluding hydrogens is 476 g/mol. The maximum Gasteiger partial charge on any atom is 0.296 e. The van der Waals surface area contributed by atoms with Gasteiger partial charge in [0.1, 0.15) is 18.1 Å². The van der Waals surface area contributed by atoms with Crippen LogP contribution >= 0.6 is 11.3 Å². The number of amides is 1. The number of anilines is 1. The van der Waals surface area contributed by atoms with E-state index in [0.717, 1.165) is 22.2 Å². The van der Waals surface area contributed by atoms with E-state index in [4.69, 9.17) is 9.15 Å². The van der Waals surface area contributed by atoms with Gasteiger partial charge >= 0.3 is 0 Å². The Hall–Kier alpha value is -4.17. The van der Waals surface area contributed by atoms with Crippen molar-refractivity contribution in [2.75, 3.05) is 11.5 Å². The smallest absolute Gasteiger partial charge is 0.296 e. The lowest BCUT2D eigenvalue weighted by molar-refractivity contribution is -0.117. The molecule has 36 heavy (non-hydrogen) atoms. The van der Waals surface area contributed by atoms with Crippen LogP contribution < -0.4 is 9.64 Å². The van der Waals surface area contributed by atoms with Crippen molar-refractivity contribution in [3.8, 4) is 5.75 Å². The Bertz CT molecular complexity index is 1530. The molecule has 1 amide bonds. The number of rotatable bonds is 8. The third-order valence-corrected chi connectivity index (χ3v) is 7.03. The standard InChI is InChI=1S/C28H24N2O5S/c1-4-13-34-19-8-6-7-18(15-19)24-23(25(31)21-12-9-16(3)35-21)26(32)27(33)30(24)28-29-20-11-10-17(5-2)14-22(20)36-28/h4,6-12,14-15,24,32H,1,5,13H2,2-3H3. The van der Waals surface area contributed by atoms with Gasteiger partial charge in [0.2, 0.25) is 5.78 Å². The van der Waals surface area contributed by atoms with Crippen molar-refractivity contribution in [2.45, 2.75) is 26.3 Å². The van der Waals surface area contributed by atoms with Crippen molar-refractivity contribution in [1.29, 1.82) is 0 Å². The zero-order valence-electron chi connectivity index (χ0n) is 19.9. The molecule has 0 saturated carbocycles. The van der Waals surface area contributed by atoms with Crippen molar-refractivity contribution in [2.24, 2.45) is 0 Å². The molecule has 1 unspecified atom stereocenters. The van der Waals surface area contributed by atoms with Gasteiger partial charge in [0.25, 0.3) is 5.91 Å². The molecule has 0 radical (unpaired) electrons. The Morgan fingerprint density at radius 1 is 1.25 bits per heavy atom. The van der Waals surface area contributed by atoms with E-state index in [-0.39, 0.29) is 11.3 Å². The van der Waals surface area contributed by atoms with Crippen molar-refractivity contribution in [1.82, 2.24) is 4.98 Å². The van der Waals surface area contributed by atoms with Gasteiger partial charge in [0.15, 0.2) is 16.7 Å². The molecule has 1 atom stereocenters. The molecule has 182 valence electrons. The van der Waals surface area contributed by atoms with Crippen LogP contribution in [0, 0.1) is 6.92 Å². The average molecular weight is 501 g/mol. The molecule has 1 aliphatic rings. The molecule has 8 heteroatoms. The second-order valence-electron chi connectivity index (χ2n) is 8.40. The number of fused-ring (bicyclic) bond motifs is 1. The summed E-state index contributed by atoms with van der Waals surface area (Å²) in [6.07, 6.45) is 2.50. The van der Waals surface area contributed by atoms with Crippen LogP contribution in [0.5, 0.6) is 5.75 Å².